The maximum atomic E-state index is 5.45. The lowest BCUT2D eigenvalue weighted by molar-refractivity contribution is 1.18. The van der Waals surface area contributed by atoms with Crippen molar-refractivity contribution in [2.24, 2.45) is 0 Å². The van der Waals surface area contributed by atoms with Crippen LogP contribution in [-0.4, -0.2) is 19.5 Å². The van der Waals surface area contributed by atoms with E-state index in [0.717, 1.165) is 72.3 Å². The molecule has 0 N–H and O–H groups in total. The Morgan fingerprint density at radius 1 is 0.392 bits per heavy atom. The Labute approximate surface area is 295 Å². The largest absolute Gasteiger partial charge is 0.308 e. The average Bonchev–Trinajstić information content (AvgIpc) is 3.56. The van der Waals surface area contributed by atoms with Crippen LogP contribution >= 0.6 is 0 Å². The summed E-state index contributed by atoms with van der Waals surface area (Å²) in [5.74, 6) is 0.686. The topological polar surface area (TPSA) is 43.6 Å². The predicted molar refractivity (Wildman–Crippen MR) is 211 cm³/mol. The third-order valence-electron chi connectivity index (χ3n) is 9.78. The highest BCUT2D eigenvalue weighted by Crippen LogP contribution is 2.43. The van der Waals surface area contributed by atoms with Gasteiger partial charge >= 0.3 is 0 Å². The molecule has 0 amide bonds. The zero-order valence-electron chi connectivity index (χ0n) is 27.6. The first kappa shape index (κ1) is 29.0. The molecule has 0 fully saturated rings. The van der Waals surface area contributed by atoms with E-state index in [1.54, 1.807) is 0 Å². The van der Waals surface area contributed by atoms with Crippen LogP contribution in [-0.2, 0) is 0 Å². The normalized spacial score (nSPS) is 11.5. The molecule has 0 aliphatic rings. The first-order chi connectivity index (χ1) is 25.3. The Bertz CT molecular complexity index is 2820. The van der Waals surface area contributed by atoms with Gasteiger partial charge in [-0.15, -0.1) is 0 Å². The van der Waals surface area contributed by atoms with E-state index in [4.69, 9.17) is 15.0 Å². The summed E-state index contributed by atoms with van der Waals surface area (Å²) < 4.78 is 2.41. The molecular weight excluding hydrogens is 621 g/mol. The summed E-state index contributed by atoms with van der Waals surface area (Å²) in [6, 6.07) is 63.6. The second-order valence-corrected chi connectivity index (χ2v) is 12.8. The molecular formula is C47H30N4. The smallest absolute Gasteiger partial charge is 0.160 e. The van der Waals surface area contributed by atoms with Crippen LogP contribution in [0.4, 0.5) is 0 Å². The summed E-state index contributed by atoms with van der Waals surface area (Å²) in [5, 5.41) is 5.86. The quantitative estimate of drug-likeness (QED) is 0.174. The standard InChI is InChI=1S/C47H30N4/c1-4-15-32(16-5-1)40-30-41(33-17-6-2-7-18-33)50-47(49-40)35-26-24-34(25-27-35)45-44-38-22-12-13-23-42(38)51(36-19-8-3-9-20-36)46(44)43-37-21-11-10-14-31(37)28-29-39(43)48-45/h1-30H. The summed E-state index contributed by atoms with van der Waals surface area (Å²) in [7, 11) is 0. The zero-order valence-corrected chi connectivity index (χ0v) is 27.6. The highest BCUT2D eigenvalue weighted by molar-refractivity contribution is 6.27. The van der Waals surface area contributed by atoms with Crippen molar-refractivity contribution in [3.8, 4) is 50.8 Å². The molecule has 10 aromatic rings. The fraction of sp³-hybridized carbons (Fsp3) is 0. The van der Waals surface area contributed by atoms with E-state index >= 15 is 0 Å². The van der Waals surface area contributed by atoms with Crippen molar-refractivity contribution in [3.63, 3.8) is 0 Å². The molecule has 7 aromatic carbocycles. The molecule has 4 nitrogen and oxygen atoms in total. The Morgan fingerprint density at radius 2 is 0.961 bits per heavy atom. The molecule has 4 heteroatoms. The van der Waals surface area contributed by atoms with E-state index in [2.05, 4.69) is 150 Å². The lowest BCUT2D eigenvalue weighted by Crippen LogP contribution is -1.97. The van der Waals surface area contributed by atoms with Crippen LogP contribution in [0.25, 0.3) is 94.3 Å². The molecule has 51 heavy (non-hydrogen) atoms. The number of hydrogen-bond acceptors (Lipinski definition) is 3. The van der Waals surface area contributed by atoms with Gasteiger partial charge in [-0.05, 0) is 41.1 Å². The lowest BCUT2D eigenvalue weighted by Gasteiger charge is -2.14. The second-order valence-electron chi connectivity index (χ2n) is 12.8. The number of rotatable bonds is 5. The number of benzene rings is 7. The minimum absolute atomic E-state index is 0.686. The highest BCUT2D eigenvalue weighted by Gasteiger charge is 2.22. The fourth-order valence-electron chi connectivity index (χ4n) is 7.42. The van der Waals surface area contributed by atoms with Gasteiger partial charge in [-0.2, -0.15) is 0 Å². The van der Waals surface area contributed by atoms with Gasteiger partial charge in [0.2, 0.25) is 0 Å². The van der Waals surface area contributed by atoms with E-state index in [1.165, 1.54) is 16.2 Å². The van der Waals surface area contributed by atoms with Gasteiger partial charge in [0.1, 0.15) is 0 Å². The van der Waals surface area contributed by atoms with Crippen molar-refractivity contribution in [3.05, 3.63) is 182 Å². The fourth-order valence-corrected chi connectivity index (χ4v) is 7.42. The van der Waals surface area contributed by atoms with Crippen LogP contribution < -0.4 is 0 Å². The molecule has 0 atom stereocenters. The number of para-hydroxylation sites is 2. The number of fused-ring (bicyclic) bond motifs is 7. The molecule has 0 aliphatic heterocycles. The van der Waals surface area contributed by atoms with Crippen LogP contribution in [0, 0.1) is 0 Å². The molecule has 0 bridgehead atoms. The van der Waals surface area contributed by atoms with Crippen LogP contribution in [0.5, 0.6) is 0 Å². The minimum atomic E-state index is 0.686. The SMILES string of the molecule is c1ccc(-c2cc(-c3ccccc3)nc(-c3ccc(-c4nc5ccc6ccccc6c5c5c4c4ccccc4n5-c4ccccc4)cc3)n2)cc1. The van der Waals surface area contributed by atoms with E-state index in [1.807, 2.05) is 36.4 Å². The second kappa shape index (κ2) is 11.9. The molecule has 0 unspecified atom stereocenters. The van der Waals surface area contributed by atoms with E-state index in [0.29, 0.717) is 5.82 Å². The molecule has 238 valence electrons. The number of hydrogen-bond donors (Lipinski definition) is 0. The molecule has 0 aliphatic carbocycles. The van der Waals surface area contributed by atoms with Gasteiger partial charge in [-0.3, -0.25) is 0 Å². The van der Waals surface area contributed by atoms with Gasteiger partial charge in [0.05, 0.1) is 33.6 Å². The van der Waals surface area contributed by atoms with Crippen LogP contribution in [0.1, 0.15) is 0 Å². The maximum absolute atomic E-state index is 5.45. The summed E-state index contributed by atoms with van der Waals surface area (Å²) >= 11 is 0. The van der Waals surface area contributed by atoms with Crippen molar-refractivity contribution >= 4 is 43.5 Å². The summed E-state index contributed by atoms with van der Waals surface area (Å²) in [6.45, 7) is 0. The Balaban J connectivity index is 1.21. The summed E-state index contributed by atoms with van der Waals surface area (Å²) in [4.78, 5) is 15.6. The third-order valence-corrected chi connectivity index (χ3v) is 9.78. The lowest BCUT2D eigenvalue weighted by atomic mass is 9.98. The molecule has 10 rings (SSSR count). The zero-order chi connectivity index (χ0) is 33.7. The van der Waals surface area contributed by atoms with Crippen molar-refractivity contribution in [2.45, 2.75) is 0 Å². The first-order valence-corrected chi connectivity index (χ1v) is 17.2. The molecule has 0 saturated carbocycles. The summed E-state index contributed by atoms with van der Waals surface area (Å²) in [6.07, 6.45) is 0. The van der Waals surface area contributed by atoms with Gasteiger partial charge in [0, 0.05) is 44.1 Å². The monoisotopic (exact) mass is 650 g/mol. The van der Waals surface area contributed by atoms with Crippen molar-refractivity contribution in [1.82, 2.24) is 19.5 Å². The van der Waals surface area contributed by atoms with E-state index in [9.17, 15) is 0 Å². The highest BCUT2D eigenvalue weighted by atomic mass is 15.0. The van der Waals surface area contributed by atoms with Crippen molar-refractivity contribution < 1.29 is 0 Å². The van der Waals surface area contributed by atoms with Gasteiger partial charge < -0.3 is 4.57 Å². The summed E-state index contributed by atoms with van der Waals surface area (Å²) in [5.41, 5.74) is 11.2. The molecule has 0 radical (unpaired) electrons. The van der Waals surface area contributed by atoms with E-state index in [-0.39, 0.29) is 0 Å². The van der Waals surface area contributed by atoms with Gasteiger partial charge in [0.15, 0.2) is 5.82 Å². The minimum Gasteiger partial charge on any atom is -0.308 e. The number of pyridine rings is 1. The number of nitrogens with zero attached hydrogens (tertiary/aromatic N) is 4. The number of aromatic nitrogens is 4. The Kier molecular flexibility index (Phi) is 6.78. The maximum Gasteiger partial charge on any atom is 0.160 e. The molecule has 3 aromatic heterocycles. The average molecular weight is 651 g/mol. The van der Waals surface area contributed by atoms with E-state index < -0.39 is 0 Å². The van der Waals surface area contributed by atoms with Gasteiger partial charge in [-0.25, -0.2) is 15.0 Å². The van der Waals surface area contributed by atoms with Crippen molar-refractivity contribution in [2.75, 3.05) is 0 Å². The Hall–Kier alpha value is -6.91. The Morgan fingerprint density at radius 3 is 1.65 bits per heavy atom. The van der Waals surface area contributed by atoms with Crippen LogP contribution in [0.2, 0.25) is 0 Å². The molecule has 0 spiro atoms. The van der Waals surface area contributed by atoms with Crippen LogP contribution in [0.3, 0.4) is 0 Å². The molecule has 0 saturated heterocycles. The first-order valence-electron chi connectivity index (χ1n) is 17.2. The molecule has 3 heterocycles. The predicted octanol–water partition coefficient (Wildman–Crippen LogP) is 11.9. The van der Waals surface area contributed by atoms with Gasteiger partial charge in [0.25, 0.3) is 0 Å². The van der Waals surface area contributed by atoms with Crippen molar-refractivity contribution in [1.29, 1.82) is 0 Å². The van der Waals surface area contributed by atoms with Gasteiger partial charge in [-0.1, -0.05) is 152 Å². The third kappa shape index (κ3) is 4.88. The van der Waals surface area contributed by atoms with Crippen LogP contribution in [0.15, 0.2) is 182 Å².